The molecule has 4 rings (SSSR count). The normalized spacial score (nSPS) is 18.1. The van der Waals surface area contributed by atoms with Crippen LogP contribution in [-0.2, 0) is 4.79 Å². The molecule has 0 aromatic heterocycles. The Labute approximate surface area is 168 Å². The number of hydrogen-bond donors (Lipinski definition) is 1. The van der Waals surface area contributed by atoms with Crippen LogP contribution in [-0.4, -0.2) is 29.9 Å². The second-order valence-electron chi connectivity index (χ2n) is 6.62. The average Bonchev–Trinajstić information content (AvgIpc) is 3.30. The van der Waals surface area contributed by atoms with E-state index >= 15 is 0 Å². The van der Waals surface area contributed by atoms with Gasteiger partial charge in [-0.3, -0.25) is 15.1 Å². The SMILES string of the molecule is Cc1ccc(N2CC(C#N)=C(N/N=C3\SCC(=O)N3c3ccccc3)C2)cc1. The molecule has 7 heteroatoms. The first-order chi connectivity index (χ1) is 13.7. The number of carbonyl (C=O) groups excluding carboxylic acids is 1. The van der Waals surface area contributed by atoms with E-state index in [0.29, 0.717) is 29.6 Å². The van der Waals surface area contributed by atoms with Crippen molar-refractivity contribution >= 4 is 34.2 Å². The molecule has 0 atom stereocenters. The van der Waals surface area contributed by atoms with Gasteiger partial charge in [-0.05, 0) is 31.2 Å². The molecule has 140 valence electrons. The first kappa shape index (κ1) is 18.1. The molecule has 6 nitrogen and oxygen atoms in total. The number of carbonyl (C=O) groups is 1. The smallest absolute Gasteiger partial charge is 0.243 e. The van der Waals surface area contributed by atoms with Crippen LogP contribution >= 0.6 is 11.8 Å². The molecule has 0 aliphatic carbocycles. The maximum Gasteiger partial charge on any atom is 0.243 e. The van der Waals surface area contributed by atoms with E-state index in [1.165, 1.54) is 17.3 Å². The number of nitriles is 1. The number of amidine groups is 1. The van der Waals surface area contributed by atoms with Gasteiger partial charge in [0.2, 0.25) is 5.91 Å². The lowest BCUT2D eigenvalue weighted by atomic mass is 10.2. The number of aryl methyl sites for hydroxylation is 1. The minimum atomic E-state index is -0.000981. The van der Waals surface area contributed by atoms with Gasteiger partial charge in [-0.2, -0.15) is 5.26 Å². The Morgan fingerprint density at radius 1 is 1.07 bits per heavy atom. The third-order valence-corrected chi connectivity index (χ3v) is 5.59. The minimum Gasteiger partial charge on any atom is -0.360 e. The standard InChI is InChI=1S/C21H19N5OS/c1-15-7-9-17(10-8-15)25-12-16(11-22)19(13-25)23-24-21-26(20(27)14-28-21)18-5-3-2-4-6-18/h2-10,23H,12-14H2,1H3/b24-21-. The summed E-state index contributed by atoms with van der Waals surface area (Å²) in [5.41, 5.74) is 7.53. The maximum atomic E-state index is 12.3. The Kier molecular flexibility index (Phi) is 5.04. The summed E-state index contributed by atoms with van der Waals surface area (Å²) < 4.78 is 0. The van der Waals surface area contributed by atoms with Gasteiger partial charge >= 0.3 is 0 Å². The summed E-state index contributed by atoms with van der Waals surface area (Å²) in [5.74, 6) is 0.355. The number of anilines is 2. The number of hydrazone groups is 1. The van der Waals surface area contributed by atoms with Gasteiger partial charge in [-0.15, -0.1) is 5.10 Å². The van der Waals surface area contributed by atoms with Crippen LogP contribution in [0.1, 0.15) is 5.56 Å². The number of rotatable bonds is 4. The Morgan fingerprint density at radius 3 is 2.54 bits per heavy atom. The van der Waals surface area contributed by atoms with Crippen molar-refractivity contribution in [1.29, 1.82) is 5.26 Å². The van der Waals surface area contributed by atoms with Gasteiger partial charge < -0.3 is 4.90 Å². The molecule has 1 fully saturated rings. The number of thioether (sulfide) groups is 1. The lowest BCUT2D eigenvalue weighted by Crippen LogP contribution is -2.30. The molecule has 2 aromatic rings. The van der Waals surface area contributed by atoms with Crippen molar-refractivity contribution in [1.82, 2.24) is 5.43 Å². The molecule has 1 saturated heterocycles. The highest BCUT2D eigenvalue weighted by molar-refractivity contribution is 8.15. The maximum absolute atomic E-state index is 12.3. The molecule has 1 N–H and O–H groups in total. The van der Waals surface area contributed by atoms with Crippen molar-refractivity contribution in [2.24, 2.45) is 5.10 Å². The Bertz CT molecular complexity index is 992. The Hall–Kier alpha value is -3.24. The van der Waals surface area contributed by atoms with E-state index in [0.717, 1.165) is 17.1 Å². The molecular weight excluding hydrogens is 370 g/mol. The van der Waals surface area contributed by atoms with Crippen LogP contribution in [0.3, 0.4) is 0 Å². The monoisotopic (exact) mass is 389 g/mol. The molecule has 0 radical (unpaired) electrons. The number of benzene rings is 2. The van der Waals surface area contributed by atoms with Gasteiger partial charge in [0.15, 0.2) is 5.17 Å². The number of amides is 1. The molecule has 2 aromatic carbocycles. The highest BCUT2D eigenvalue weighted by Gasteiger charge is 2.30. The predicted octanol–water partition coefficient (Wildman–Crippen LogP) is 3.23. The van der Waals surface area contributed by atoms with Crippen molar-refractivity contribution in [2.45, 2.75) is 6.92 Å². The van der Waals surface area contributed by atoms with Crippen LogP contribution in [0.2, 0.25) is 0 Å². The van der Waals surface area contributed by atoms with Crippen LogP contribution in [0.25, 0.3) is 0 Å². The topological polar surface area (TPSA) is 71.7 Å². The van der Waals surface area contributed by atoms with Gasteiger partial charge in [-0.1, -0.05) is 47.7 Å². The number of nitrogens with one attached hydrogen (secondary N) is 1. The number of nitrogens with zero attached hydrogens (tertiary/aromatic N) is 4. The van der Waals surface area contributed by atoms with Crippen molar-refractivity contribution in [3.8, 4) is 6.07 Å². The molecule has 2 heterocycles. The van der Waals surface area contributed by atoms with E-state index in [1.54, 1.807) is 4.90 Å². The van der Waals surface area contributed by atoms with Crippen LogP contribution in [0.15, 0.2) is 71.0 Å². The number of hydrogen-bond acceptors (Lipinski definition) is 6. The fraction of sp³-hybridized carbons (Fsp3) is 0.190. The summed E-state index contributed by atoms with van der Waals surface area (Å²) >= 11 is 1.39. The first-order valence-corrected chi connectivity index (χ1v) is 9.92. The fourth-order valence-electron chi connectivity index (χ4n) is 3.16. The molecular formula is C21H19N5OS. The Balaban J connectivity index is 1.52. The van der Waals surface area contributed by atoms with Gasteiger partial charge in [0.1, 0.15) is 0 Å². The van der Waals surface area contributed by atoms with Crippen molar-refractivity contribution < 1.29 is 4.79 Å². The van der Waals surface area contributed by atoms with E-state index in [2.05, 4.69) is 52.7 Å². The van der Waals surface area contributed by atoms with Crippen LogP contribution in [0.5, 0.6) is 0 Å². The van der Waals surface area contributed by atoms with Gasteiger partial charge in [0.05, 0.1) is 41.9 Å². The zero-order valence-electron chi connectivity index (χ0n) is 15.4. The second kappa shape index (κ2) is 7.79. The first-order valence-electron chi connectivity index (χ1n) is 8.94. The van der Waals surface area contributed by atoms with Crippen LogP contribution in [0.4, 0.5) is 11.4 Å². The minimum absolute atomic E-state index is 0.000981. The predicted molar refractivity (Wildman–Crippen MR) is 113 cm³/mol. The van der Waals surface area contributed by atoms with Crippen molar-refractivity contribution in [3.05, 3.63) is 71.4 Å². The summed E-state index contributed by atoms with van der Waals surface area (Å²) in [7, 11) is 0. The molecule has 0 unspecified atom stereocenters. The zero-order valence-corrected chi connectivity index (χ0v) is 16.2. The molecule has 2 aliphatic rings. The second-order valence-corrected chi connectivity index (χ2v) is 7.56. The Morgan fingerprint density at radius 2 is 1.82 bits per heavy atom. The third-order valence-electron chi connectivity index (χ3n) is 4.66. The zero-order chi connectivity index (χ0) is 19.5. The molecule has 0 saturated carbocycles. The van der Waals surface area contributed by atoms with Crippen molar-refractivity contribution in [3.63, 3.8) is 0 Å². The molecule has 28 heavy (non-hydrogen) atoms. The van der Waals surface area contributed by atoms with E-state index < -0.39 is 0 Å². The molecule has 0 bridgehead atoms. The summed E-state index contributed by atoms with van der Waals surface area (Å²) in [5, 5.41) is 14.6. The summed E-state index contributed by atoms with van der Waals surface area (Å²) in [6.07, 6.45) is 0. The van der Waals surface area contributed by atoms with Crippen LogP contribution < -0.4 is 15.2 Å². The van der Waals surface area contributed by atoms with E-state index in [9.17, 15) is 10.1 Å². The van der Waals surface area contributed by atoms with E-state index in [4.69, 9.17) is 0 Å². The quantitative estimate of drug-likeness (QED) is 0.813. The summed E-state index contributed by atoms with van der Waals surface area (Å²) in [6.45, 7) is 3.17. The number of para-hydroxylation sites is 1. The molecule has 0 spiro atoms. The highest BCUT2D eigenvalue weighted by Crippen LogP contribution is 2.27. The fourth-order valence-corrected chi connectivity index (χ4v) is 3.99. The van der Waals surface area contributed by atoms with E-state index in [1.807, 2.05) is 30.3 Å². The average molecular weight is 389 g/mol. The lowest BCUT2D eigenvalue weighted by molar-refractivity contribution is -0.115. The highest BCUT2D eigenvalue weighted by atomic mass is 32.2. The summed E-state index contributed by atoms with van der Waals surface area (Å²) in [6, 6.07) is 20.0. The van der Waals surface area contributed by atoms with Crippen LogP contribution in [0, 0.1) is 18.3 Å². The third kappa shape index (κ3) is 3.59. The molecule has 2 aliphatic heterocycles. The van der Waals surface area contributed by atoms with Gasteiger partial charge in [0.25, 0.3) is 0 Å². The molecule has 1 amide bonds. The largest absolute Gasteiger partial charge is 0.360 e. The van der Waals surface area contributed by atoms with Gasteiger partial charge in [-0.25, -0.2) is 0 Å². The van der Waals surface area contributed by atoms with Crippen molar-refractivity contribution in [2.75, 3.05) is 28.6 Å². The van der Waals surface area contributed by atoms with Gasteiger partial charge in [0, 0.05) is 5.69 Å². The van der Waals surface area contributed by atoms with E-state index in [-0.39, 0.29) is 5.91 Å². The lowest BCUT2D eigenvalue weighted by Gasteiger charge is -2.19. The summed E-state index contributed by atoms with van der Waals surface area (Å²) in [4.78, 5) is 16.0.